The zero-order valence-corrected chi connectivity index (χ0v) is 8.58. The molecule has 1 aliphatic carbocycles. The smallest absolute Gasteiger partial charge is 0.0856 e. The quantitative estimate of drug-likeness (QED) is 0.643. The van der Waals surface area contributed by atoms with Gasteiger partial charge in [-0.05, 0) is 33.2 Å². The molecular formula is C10H20N2O. The van der Waals surface area contributed by atoms with E-state index in [0.717, 1.165) is 25.8 Å². The van der Waals surface area contributed by atoms with Crippen LogP contribution in [0.15, 0.2) is 0 Å². The fraction of sp³-hybridized carbons (Fsp3) is 1.00. The van der Waals surface area contributed by atoms with E-state index in [9.17, 15) is 5.11 Å². The topological polar surface area (TPSA) is 49.5 Å². The first-order valence-corrected chi connectivity index (χ1v) is 5.16. The second kappa shape index (κ2) is 2.69. The second-order valence-electron chi connectivity index (χ2n) is 4.98. The van der Waals surface area contributed by atoms with E-state index in [1.807, 2.05) is 0 Å². The Morgan fingerprint density at radius 1 is 1.54 bits per heavy atom. The van der Waals surface area contributed by atoms with Gasteiger partial charge in [0.1, 0.15) is 0 Å². The van der Waals surface area contributed by atoms with Crippen LogP contribution in [-0.4, -0.2) is 41.8 Å². The molecule has 2 unspecified atom stereocenters. The normalized spacial score (nSPS) is 43.8. The minimum absolute atomic E-state index is 0.0615. The first kappa shape index (κ1) is 9.44. The SMILES string of the molecule is CC1CC(O)(C2(CN)CC2)CN1C. The Labute approximate surface area is 79.9 Å². The number of β-amino-alcohol motifs (C(OH)–C–C–N with tert-alkyl or cyclic N) is 1. The number of likely N-dealkylation sites (N-methyl/N-ethyl adjacent to an activating group) is 1. The van der Waals surface area contributed by atoms with Crippen molar-refractivity contribution in [2.45, 2.75) is 37.8 Å². The van der Waals surface area contributed by atoms with Crippen molar-refractivity contribution in [3.05, 3.63) is 0 Å². The molecule has 0 amide bonds. The Kier molecular flexibility index (Phi) is 1.95. The molecule has 0 aromatic carbocycles. The summed E-state index contributed by atoms with van der Waals surface area (Å²) in [5.41, 5.74) is 5.30. The molecule has 0 aromatic rings. The zero-order valence-electron chi connectivity index (χ0n) is 8.58. The summed E-state index contributed by atoms with van der Waals surface area (Å²) in [5.74, 6) is 0. The zero-order chi connectivity index (χ0) is 9.69. The van der Waals surface area contributed by atoms with Gasteiger partial charge >= 0.3 is 0 Å². The first-order valence-electron chi connectivity index (χ1n) is 5.16. The van der Waals surface area contributed by atoms with E-state index in [4.69, 9.17) is 5.73 Å². The first-order chi connectivity index (χ1) is 6.03. The highest BCUT2D eigenvalue weighted by Crippen LogP contribution is 2.56. The van der Waals surface area contributed by atoms with Crippen molar-refractivity contribution in [1.82, 2.24) is 4.90 Å². The summed E-state index contributed by atoms with van der Waals surface area (Å²) < 4.78 is 0. The molecule has 0 aromatic heterocycles. The molecule has 3 nitrogen and oxygen atoms in total. The molecule has 2 rings (SSSR count). The van der Waals surface area contributed by atoms with Crippen LogP contribution in [0.25, 0.3) is 0 Å². The predicted octanol–water partition coefficient (Wildman–Crippen LogP) is 0.180. The van der Waals surface area contributed by atoms with Crippen LogP contribution in [0.1, 0.15) is 26.2 Å². The average Bonchev–Trinajstić information content (AvgIpc) is 2.79. The third kappa shape index (κ3) is 1.22. The van der Waals surface area contributed by atoms with Crippen LogP contribution in [0.3, 0.4) is 0 Å². The molecule has 0 spiro atoms. The Morgan fingerprint density at radius 2 is 2.15 bits per heavy atom. The molecule has 2 aliphatic rings. The van der Waals surface area contributed by atoms with Gasteiger partial charge in [0.15, 0.2) is 0 Å². The van der Waals surface area contributed by atoms with Crippen molar-refractivity contribution in [3.63, 3.8) is 0 Å². The average molecular weight is 184 g/mol. The van der Waals surface area contributed by atoms with E-state index in [0.29, 0.717) is 12.6 Å². The van der Waals surface area contributed by atoms with Gasteiger partial charge in [0, 0.05) is 24.5 Å². The third-order valence-corrected chi connectivity index (χ3v) is 4.13. The maximum atomic E-state index is 10.5. The van der Waals surface area contributed by atoms with Gasteiger partial charge in [0.05, 0.1) is 5.60 Å². The summed E-state index contributed by atoms with van der Waals surface area (Å²) >= 11 is 0. The minimum Gasteiger partial charge on any atom is -0.388 e. The van der Waals surface area contributed by atoms with E-state index in [2.05, 4.69) is 18.9 Å². The molecule has 1 saturated carbocycles. The van der Waals surface area contributed by atoms with Crippen LogP contribution < -0.4 is 5.73 Å². The van der Waals surface area contributed by atoms with E-state index < -0.39 is 5.60 Å². The predicted molar refractivity (Wildman–Crippen MR) is 52.4 cm³/mol. The van der Waals surface area contributed by atoms with Gasteiger partial charge in [0.2, 0.25) is 0 Å². The summed E-state index contributed by atoms with van der Waals surface area (Å²) in [5, 5.41) is 10.5. The molecule has 2 atom stereocenters. The summed E-state index contributed by atoms with van der Waals surface area (Å²) in [4.78, 5) is 2.23. The molecule has 76 valence electrons. The summed E-state index contributed by atoms with van der Waals surface area (Å²) in [7, 11) is 2.08. The van der Waals surface area contributed by atoms with Gasteiger partial charge in [-0.1, -0.05) is 0 Å². The van der Waals surface area contributed by atoms with Crippen LogP contribution in [0, 0.1) is 5.41 Å². The lowest BCUT2D eigenvalue weighted by Crippen LogP contribution is -2.45. The van der Waals surface area contributed by atoms with E-state index >= 15 is 0 Å². The molecule has 1 heterocycles. The molecule has 1 aliphatic heterocycles. The Hall–Kier alpha value is -0.120. The highest BCUT2D eigenvalue weighted by molar-refractivity contribution is 5.13. The Morgan fingerprint density at radius 3 is 2.46 bits per heavy atom. The lowest BCUT2D eigenvalue weighted by Gasteiger charge is -2.31. The highest BCUT2D eigenvalue weighted by atomic mass is 16.3. The third-order valence-electron chi connectivity index (χ3n) is 4.13. The number of nitrogens with two attached hydrogens (primary N) is 1. The van der Waals surface area contributed by atoms with Crippen LogP contribution in [0.4, 0.5) is 0 Å². The van der Waals surface area contributed by atoms with Crippen molar-refractivity contribution in [3.8, 4) is 0 Å². The molecular weight excluding hydrogens is 164 g/mol. The lowest BCUT2D eigenvalue weighted by molar-refractivity contribution is -0.0181. The molecule has 0 bridgehead atoms. The van der Waals surface area contributed by atoms with Gasteiger partial charge in [0.25, 0.3) is 0 Å². The number of nitrogens with zero attached hydrogens (tertiary/aromatic N) is 1. The van der Waals surface area contributed by atoms with Crippen LogP contribution in [0.5, 0.6) is 0 Å². The van der Waals surface area contributed by atoms with E-state index in [1.165, 1.54) is 0 Å². The van der Waals surface area contributed by atoms with Crippen LogP contribution in [0.2, 0.25) is 0 Å². The monoisotopic (exact) mass is 184 g/mol. The van der Waals surface area contributed by atoms with Gasteiger partial charge in [-0.25, -0.2) is 0 Å². The van der Waals surface area contributed by atoms with Crippen molar-refractivity contribution in [2.75, 3.05) is 20.1 Å². The maximum Gasteiger partial charge on any atom is 0.0856 e. The lowest BCUT2D eigenvalue weighted by atomic mass is 9.82. The van der Waals surface area contributed by atoms with Crippen molar-refractivity contribution in [1.29, 1.82) is 0 Å². The van der Waals surface area contributed by atoms with Crippen molar-refractivity contribution in [2.24, 2.45) is 11.1 Å². The number of hydrogen-bond donors (Lipinski definition) is 2. The summed E-state index contributed by atoms with van der Waals surface area (Å²) in [6, 6.07) is 0.494. The fourth-order valence-corrected chi connectivity index (χ4v) is 2.67. The number of hydrogen-bond acceptors (Lipinski definition) is 3. The number of likely N-dealkylation sites (tertiary alicyclic amines) is 1. The molecule has 0 radical (unpaired) electrons. The fourth-order valence-electron chi connectivity index (χ4n) is 2.67. The highest BCUT2D eigenvalue weighted by Gasteiger charge is 2.60. The second-order valence-corrected chi connectivity index (χ2v) is 4.98. The van der Waals surface area contributed by atoms with Crippen LogP contribution in [-0.2, 0) is 0 Å². The molecule has 2 fully saturated rings. The Bertz CT molecular complexity index is 203. The molecule has 3 heteroatoms. The standard InChI is InChI=1S/C10H20N2O/c1-8-5-10(13,7-12(8)2)9(6-11)3-4-9/h8,13H,3-7,11H2,1-2H3. The van der Waals surface area contributed by atoms with Gasteiger partial charge in [-0.3, -0.25) is 0 Å². The maximum absolute atomic E-state index is 10.5. The summed E-state index contributed by atoms with van der Waals surface area (Å²) in [6.07, 6.45) is 3.11. The Balaban J connectivity index is 2.14. The molecule has 13 heavy (non-hydrogen) atoms. The number of aliphatic hydroxyl groups is 1. The van der Waals surface area contributed by atoms with Crippen molar-refractivity contribution < 1.29 is 5.11 Å². The van der Waals surface area contributed by atoms with Crippen molar-refractivity contribution >= 4 is 0 Å². The van der Waals surface area contributed by atoms with Gasteiger partial charge in [-0.15, -0.1) is 0 Å². The van der Waals surface area contributed by atoms with E-state index in [1.54, 1.807) is 0 Å². The summed E-state index contributed by atoms with van der Waals surface area (Å²) in [6.45, 7) is 3.61. The van der Waals surface area contributed by atoms with E-state index in [-0.39, 0.29) is 5.41 Å². The number of rotatable bonds is 2. The largest absolute Gasteiger partial charge is 0.388 e. The minimum atomic E-state index is -0.504. The molecule has 1 saturated heterocycles. The molecule has 3 N–H and O–H groups in total. The van der Waals surface area contributed by atoms with Gasteiger partial charge in [-0.2, -0.15) is 0 Å². The van der Waals surface area contributed by atoms with Crippen LogP contribution >= 0.6 is 0 Å². The van der Waals surface area contributed by atoms with Gasteiger partial charge < -0.3 is 15.7 Å².